The fraction of sp³-hybridized carbons (Fsp3) is 0.333. The van der Waals surface area contributed by atoms with E-state index in [1.54, 1.807) is 24.1 Å². The van der Waals surface area contributed by atoms with Gasteiger partial charge < -0.3 is 10.1 Å². The summed E-state index contributed by atoms with van der Waals surface area (Å²) in [5.41, 5.74) is 0.386. The highest BCUT2D eigenvalue weighted by Crippen LogP contribution is 2.16. The second-order valence-corrected chi connectivity index (χ2v) is 8.84. The molecule has 8 nitrogen and oxygen atoms in total. The molecule has 0 aromatic heterocycles. The molecular weight excluding hydrogens is 423 g/mol. The van der Waals surface area contributed by atoms with Gasteiger partial charge in [-0.25, -0.2) is 12.8 Å². The Balaban J connectivity index is 1.48. The molecule has 1 aliphatic heterocycles. The first-order valence-corrected chi connectivity index (χ1v) is 11.3. The summed E-state index contributed by atoms with van der Waals surface area (Å²) < 4.78 is 45.9. The molecule has 10 heteroatoms. The van der Waals surface area contributed by atoms with Crippen LogP contribution >= 0.6 is 0 Å². The van der Waals surface area contributed by atoms with E-state index in [2.05, 4.69) is 15.0 Å². The van der Waals surface area contributed by atoms with Gasteiger partial charge in [-0.05, 0) is 55.9 Å². The van der Waals surface area contributed by atoms with Crippen LogP contribution in [-0.2, 0) is 14.8 Å². The number of amides is 1. The summed E-state index contributed by atoms with van der Waals surface area (Å²) in [6.07, 6.45) is 1.43. The molecule has 1 aliphatic rings. The fourth-order valence-corrected chi connectivity index (χ4v) is 4.09. The van der Waals surface area contributed by atoms with Gasteiger partial charge in [0.25, 0.3) is 10.0 Å². The van der Waals surface area contributed by atoms with Crippen LogP contribution in [0, 0.1) is 5.82 Å². The van der Waals surface area contributed by atoms with E-state index in [0.717, 1.165) is 6.42 Å². The lowest BCUT2D eigenvalue weighted by molar-refractivity contribution is -0.117. The molecule has 3 rings (SSSR count). The van der Waals surface area contributed by atoms with Crippen LogP contribution in [0.2, 0.25) is 0 Å². The molecule has 0 atom stereocenters. The van der Waals surface area contributed by atoms with Crippen molar-refractivity contribution in [1.82, 2.24) is 9.62 Å². The number of rotatable bonds is 9. The quantitative estimate of drug-likeness (QED) is 0.613. The second kappa shape index (κ2) is 10.4. The molecule has 0 spiro atoms. The number of halogens is 1. The molecule has 31 heavy (non-hydrogen) atoms. The van der Waals surface area contributed by atoms with Gasteiger partial charge in [-0.2, -0.15) is 0 Å². The van der Waals surface area contributed by atoms with E-state index in [1.807, 2.05) is 0 Å². The van der Waals surface area contributed by atoms with Crippen LogP contribution in [0.25, 0.3) is 0 Å². The number of likely N-dealkylation sites (N-methyl/N-ethyl adjacent to an activating group) is 1. The van der Waals surface area contributed by atoms with Gasteiger partial charge in [0.2, 0.25) is 5.91 Å². The van der Waals surface area contributed by atoms with Crippen molar-refractivity contribution in [2.75, 3.05) is 38.6 Å². The van der Waals surface area contributed by atoms with Crippen molar-refractivity contribution in [3.63, 3.8) is 0 Å². The van der Waals surface area contributed by atoms with Crippen LogP contribution in [-0.4, -0.2) is 58.3 Å². The lowest BCUT2D eigenvalue weighted by Gasteiger charge is -2.17. The molecule has 2 aromatic rings. The predicted molar refractivity (Wildman–Crippen MR) is 116 cm³/mol. The molecule has 0 radical (unpaired) electrons. The smallest absolute Gasteiger partial charge is 0.262 e. The minimum atomic E-state index is -3.75. The Bertz CT molecular complexity index is 1040. The summed E-state index contributed by atoms with van der Waals surface area (Å²) in [5, 5.41) is 2.71. The number of anilines is 1. The van der Waals surface area contributed by atoms with E-state index in [0.29, 0.717) is 43.4 Å². The Morgan fingerprint density at radius 2 is 2.00 bits per heavy atom. The standard InChI is InChI=1S/C21H25FN4O4S/c1-26(12-13-30-18-9-7-16(22)8-10-18)15-21(27)24-17-4-2-5-19(14-17)31(28,29)25-20-6-3-11-23-20/h2,4-5,7-10,14H,3,6,11-13,15H2,1H3,(H,23,25)(H,24,27). The Kier molecular flexibility index (Phi) is 7.59. The third-order valence-corrected chi connectivity index (χ3v) is 5.90. The first-order chi connectivity index (χ1) is 14.8. The molecule has 166 valence electrons. The zero-order valence-electron chi connectivity index (χ0n) is 17.2. The molecule has 0 saturated heterocycles. The summed E-state index contributed by atoms with van der Waals surface area (Å²) in [6, 6.07) is 11.8. The van der Waals surface area contributed by atoms with Crippen LogP contribution in [0.4, 0.5) is 10.1 Å². The van der Waals surface area contributed by atoms with Gasteiger partial charge in [0.05, 0.1) is 11.4 Å². The molecule has 0 fully saturated rings. The molecule has 0 unspecified atom stereocenters. The van der Waals surface area contributed by atoms with Crippen LogP contribution in [0.5, 0.6) is 5.75 Å². The van der Waals surface area contributed by atoms with E-state index in [4.69, 9.17) is 4.74 Å². The molecule has 1 amide bonds. The Hall–Kier alpha value is -2.98. The zero-order chi connectivity index (χ0) is 22.3. The molecule has 2 N–H and O–H groups in total. The summed E-state index contributed by atoms with van der Waals surface area (Å²) in [6.45, 7) is 1.53. The minimum Gasteiger partial charge on any atom is -0.492 e. The van der Waals surface area contributed by atoms with Crippen molar-refractivity contribution in [2.45, 2.75) is 17.7 Å². The maximum absolute atomic E-state index is 12.9. The van der Waals surface area contributed by atoms with Crippen molar-refractivity contribution in [3.8, 4) is 5.75 Å². The second-order valence-electron chi connectivity index (χ2n) is 7.15. The van der Waals surface area contributed by atoms with Gasteiger partial charge >= 0.3 is 0 Å². The van der Waals surface area contributed by atoms with Crippen molar-refractivity contribution < 1.29 is 22.3 Å². The molecule has 0 aliphatic carbocycles. The molecule has 1 heterocycles. The SMILES string of the molecule is CN(CCOc1ccc(F)cc1)CC(=O)Nc1cccc(S(=O)(=O)NC2=NCCC2)c1. The van der Waals surface area contributed by atoms with Crippen molar-refractivity contribution in [3.05, 3.63) is 54.3 Å². The molecule has 2 aromatic carbocycles. The van der Waals surface area contributed by atoms with E-state index in [-0.39, 0.29) is 23.2 Å². The van der Waals surface area contributed by atoms with Crippen LogP contribution in [0.15, 0.2) is 58.4 Å². The van der Waals surface area contributed by atoms with Gasteiger partial charge in [0.1, 0.15) is 24.0 Å². The number of ether oxygens (including phenoxy) is 1. The summed E-state index contributed by atoms with van der Waals surface area (Å²) >= 11 is 0. The number of nitrogens with one attached hydrogen (secondary N) is 2. The number of nitrogens with zero attached hydrogens (tertiary/aromatic N) is 2. The maximum Gasteiger partial charge on any atom is 0.262 e. The van der Waals surface area contributed by atoms with Gasteiger partial charge in [-0.15, -0.1) is 0 Å². The normalized spacial score (nSPS) is 13.7. The topological polar surface area (TPSA) is 100 Å². The van der Waals surface area contributed by atoms with Crippen molar-refractivity contribution >= 4 is 27.5 Å². The van der Waals surface area contributed by atoms with E-state index >= 15 is 0 Å². The molecular formula is C21H25FN4O4S. The third-order valence-electron chi connectivity index (χ3n) is 4.52. The molecule has 0 saturated carbocycles. The van der Waals surface area contributed by atoms with Crippen molar-refractivity contribution in [1.29, 1.82) is 0 Å². The van der Waals surface area contributed by atoms with Crippen LogP contribution in [0.3, 0.4) is 0 Å². The van der Waals surface area contributed by atoms with Gasteiger partial charge in [-0.1, -0.05) is 6.07 Å². The number of benzene rings is 2. The first-order valence-electron chi connectivity index (χ1n) is 9.85. The number of carbonyl (C=O) groups is 1. The van der Waals surface area contributed by atoms with Crippen LogP contribution < -0.4 is 14.8 Å². The predicted octanol–water partition coefficient (Wildman–Crippen LogP) is 2.25. The van der Waals surface area contributed by atoms with Crippen molar-refractivity contribution in [2.24, 2.45) is 4.99 Å². The Morgan fingerprint density at radius 1 is 1.23 bits per heavy atom. The Morgan fingerprint density at radius 3 is 2.71 bits per heavy atom. The average molecular weight is 449 g/mol. The number of hydrogen-bond donors (Lipinski definition) is 2. The van der Waals surface area contributed by atoms with E-state index < -0.39 is 10.0 Å². The minimum absolute atomic E-state index is 0.0564. The number of hydrogen-bond acceptors (Lipinski definition) is 6. The highest BCUT2D eigenvalue weighted by Gasteiger charge is 2.19. The monoisotopic (exact) mass is 448 g/mol. The summed E-state index contributed by atoms with van der Waals surface area (Å²) in [4.78, 5) is 18.3. The molecule has 0 bridgehead atoms. The largest absolute Gasteiger partial charge is 0.492 e. The number of sulfonamides is 1. The number of carbonyl (C=O) groups excluding carboxylic acids is 1. The third kappa shape index (κ3) is 7.04. The summed E-state index contributed by atoms with van der Waals surface area (Å²) in [5.74, 6) is 0.390. The lowest BCUT2D eigenvalue weighted by Crippen LogP contribution is -2.33. The zero-order valence-corrected chi connectivity index (χ0v) is 18.0. The van der Waals surface area contributed by atoms with E-state index in [1.165, 1.54) is 36.4 Å². The van der Waals surface area contributed by atoms with Gasteiger partial charge in [0, 0.05) is 25.2 Å². The van der Waals surface area contributed by atoms with Crippen LogP contribution in [0.1, 0.15) is 12.8 Å². The number of amidine groups is 1. The highest BCUT2D eigenvalue weighted by molar-refractivity contribution is 7.90. The fourth-order valence-electron chi connectivity index (χ4n) is 2.95. The average Bonchev–Trinajstić information content (AvgIpc) is 3.22. The summed E-state index contributed by atoms with van der Waals surface area (Å²) in [7, 11) is -1.98. The lowest BCUT2D eigenvalue weighted by atomic mass is 10.3. The highest BCUT2D eigenvalue weighted by atomic mass is 32.2. The Labute approximate surface area is 181 Å². The van der Waals surface area contributed by atoms with E-state index in [9.17, 15) is 17.6 Å². The van der Waals surface area contributed by atoms with Gasteiger partial charge in [0.15, 0.2) is 0 Å². The maximum atomic E-state index is 12.9. The van der Waals surface area contributed by atoms with Gasteiger partial charge in [-0.3, -0.25) is 19.4 Å². The number of aliphatic imine (C=N–C) groups is 1. The first kappa shape index (κ1) is 22.7.